The van der Waals surface area contributed by atoms with E-state index < -0.39 is 0 Å². The van der Waals surface area contributed by atoms with E-state index in [-0.39, 0.29) is 0 Å². The Morgan fingerprint density at radius 1 is 1.03 bits per heavy atom. The van der Waals surface area contributed by atoms with Gasteiger partial charge >= 0.3 is 0 Å². The molecule has 1 heterocycles. The molecule has 0 bridgehead atoms. The summed E-state index contributed by atoms with van der Waals surface area (Å²) in [5.41, 5.74) is 8.82. The number of nitrogens with two attached hydrogens (primary N) is 1. The molecule has 0 unspecified atom stereocenters. The number of anilines is 1. The van der Waals surface area contributed by atoms with E-state index in [9.17, 15) is 0 Å². The zero-order chi connectivity index (χ0) is 20.1. The minimum Gasteiger partial charge on any atom is -0.383 e. The molecule has 6 nitrogen and oxygen atoms in total. The molecule has 1 aliphatic rings. The Morgan fingerprint density at radius 3 is 2.38 bits per heavy atom. The Kier molecular flexibility index (Phi) is 5.61. The summed E-state index contributed by atoms with van der Waals surface area (Å²) in [7, 11) is 0. The van der Waals surface area contributed by atoms with Gasteiger partial charge in [-0.25, -0.2) is 9.67 Å². The van der Waals surface area contributed by atoms with Crippen molar-refractivity contribution >= 4 is 17.3 Å². The molecule has 0 saturated heterocycles. The molecule has 2 aromatic carbocycles. The van der Waals surface area contributed by atoms with Crippen LogP contribution in [-0.4, -0.2) is 21.7 Å². The summed E-state index contributed by atoms with van der Waals surface area (Å²) >= 11 is 0. The van der Waals surface area contributed by atoms with E-state index in [0.717, 1.165) is 28.6 Å². The van der Waals surface area contributed by atoms with Crippen molar-refractivity contribution in [2.24, 2.45) is 10.7 Å². The van der Waals surface area contributed by atoms with Crippen LogP contribution in [0.25, 0.3) is 5.69 Å². The summed E-state index contributed by atoms with van der Waals surface area (Å²) in [4.78, 5) is 4.56. The van der Waals surface area contributed by atoms with Gasteiger partial charge in [0.1, 0.15) is 11.7 Å². The lowest BCUT2D eigenvalue weighted by molar-refractivity contribution is 0.587. The Bertz CT molecular complexity index is 985. The highest BCUT2D eigenvalue weighted by molar-refractivity contribution is 6.03. The lowest BCUT2D eigenvalue weighted by Crippen LogP contribution is -2.29. The number of amidine groups is 1. The van der Waals surface area contributed by atoms with Crippen molar-refractivity contribution in [2.75, 3.05) is 5.32 Å². The Balaban J connectivity index is 1.66. The third-order valence-electron chi connectivity index (χ3n) is 5.05. The number of benzene rings is 2. The van der Waals surface area contributed by atoms with Gasteiger partial charge in [-0.15, -0.1) is 0 Å². The van der Waals surface area contributed by atoms with E-state index >= 15 is 0 Å². The standard InChI is InChI=1S/C23H26N6/c1-17(26-18-12-8-9-13-18)27-23-21(22(24)28-19-10-4-2-5-11-19)16-25-29(23)20-14-6-3-7-15-20/h2-7,10-11,14-16,18,26-27H,1,8-9,12-13H2,(H2,24,28). The molecule has 0 radical (unpaired) electrons. The summed E-state index contributed by atoms with van der Waals surface area (Å²) in [5.74, 6) is 1.88. The molecule has 1 fully saturated rings. The van der Waals surface area contributed by atoms with Crippen LogP contribution in [0.3, 0.4) is 0 Å². The largest absolute Gasteiger partial charge is 0.383 e. The fourth-order valence-corrected chi connectivity index (χ4v) is 3.62. The molecule has 4 N–H and O–H groups in total. The van der Waals surface area contributed by atoms with Gasteiger partial charge in [-0.2, -0.15) is 5.10 Å². The molecule has 0 aliphatic heterocycles. The molecule has 3 aromatic rings. The van der Waals surface area contributed by atoms with Crippen molar-refractivity contribution in [1.29, 1.82) is 0 Å². The summed E-state index contributed by atoms with van der Waals surface area (Å²) in [6.07, 6.45) is 6.59. The van der Waals surface area contributed by atoms with Crippen LogP contribution in [0.5, 0.6) is 0 Å². The minimum absolute atomic E-state index is 0.398. The van der Waals surface area contributed by atoms with Crippen molar-refractivity contribution in [1.82, 2.24) is 15.1 Å². The molecule has 29 heavy (non-hydrogen) atoms. The van der Waals surface area contributed by atoms with E-state index in [2.05, 4.69) is 27.3 Å². The predicted molar refractivity (Wildman–Crippen MR) is 119 cm³/mol. The van der Waals surface area contributed by atoms with Crippen LogP contribution < -0.4 is 16.4 Å². The van der Waals surface area contributed by atoms with Crippen molar-refractivity contribution < 1.29 is 0 Å². The molecule has 0 atom stereocenters. The van der Waals surface area contributed by atoms with Crippen LogP contribution >= 0.6 is 0 Å². The second kappa shape index (κ2) is 8.65. The maximum atomic E-state index is 6.37. The van der Waals surface area contributed by atoms with E-state index in [4.69, 9.17) is 5.73 Å². The number of nitrogens with one attached hydrogen (secondary N) is 2. The molecule has 0 spiro atoms. The molecule has 0 amide bonds. The highest BCUT2D eigenvalue weighted by Crippen LogP contribution is 2.24. The maximum Gasteiger partial charge on any atom is 0.146 e. The van der Waals surface area contributed by atoms with Gasteiger partial charge in [0.25, 0.3) is 0 Å². The third-order valence-corrected chi connectivity index (χ3v) is 5.05. The molecular weight excluding hydrogens is 360 g/mol. The monoisotopic (exact) mass is 386 g/mol. The van der Waals surface area contributed by atoms with Crippen molar-refractivity contribution in [3.63, 3.8) is 0 Å². The highest BCUT2D eigenvalue weighted by atomic mass is 15.3. The number of aliphatic imine (C=N–C) groups is 1. The van der Waals surface area contributed by atoms with Gasteiger partial charge in [-0.3, -0.25) is 0 Å². The number of rotatable bonds is 7. The number of hydrogen-bond donors (Lipinski definition) is 3. The van der Waals surface area contributed by atoms with Gasteiger partial charge in [0.05, 0.1) is 29.0 Å². The maximum absolute atomic E-state index is 6.37. The summed E-state index contributed by atoms with van der Waals surface area (Å²) in [6, 6.07) is 20.1. The number of para-hydroxylation sites is 2. The van der Waals surface area contributed by atoms with Gasteiger partial charge in [0.2, 0.25) is 0 Å². The fourth-order valence-electron chi connectivity index (χ4n) is 3.62. The highest BCUT2D eigenvalue weighted by Gasteiger charge is 2.19. The summed E-state index contributed by atoms with van der Waals surface area (Å²) in [5, 5.41) is 11.4. The minimum atomic E-state index is 0.398. The normalized spacial score (nSPS) is 14.7. The first-order valence-corrected chi connectivity index (χ1v) is 9.96. The SMILES string of the molecule is C=C(Nc1c(C(N)=Nc2ccccc2)cnn1-c1ccccc1)NC1CCCC1. The smallest absolute Gasteiger partial charge is 0.146 e. The number of hydrogen-bond acceptors (Lipinski definition) is 4. The molecule has 1 aromatic heterocycles. The summed E-state index contributed by atoms with van der Waals surface area (Å²) in [6.45, 7) is 4.17. The molecule has 1 aliphatic carbocycles. The van der Waals surface area contributed by atoms with Crippen molar-refractivity contribution in [3.8, 4) is 5.69 Å². The Hall–Kier alpha value is -3.54. The van der Waals surface area contributed by atoms with Crippen LogP contribution in [0.15, 0.2) is 84.3 Å². The van der Waals surface area contributed by atoms with Crippen LogP contribution in [0.2, 0.25) is 0 Å². The Morgan fingerprint density at radius 2 is 1.69 bits per heavy atom. The first kappa shape index (κ1) is 18.8. The molecule has 148 valence electrons. The van der Waals surface area contributed by atoms with Crippen LogP contribution in [0.1, 0.15) is 31.2 Å². The van der Waals surface area contributed by atoms with E-state index in [1.165, 1.54) is 25.7 Å². The summed E-state index contributed by atoms with van der Waals surface area (Å²) < 4.78 is 1.82. The fraction of sp³-hybridized carbons (Fsp3) is 0.217. The molecule has 4 rings (SSSR count). The van der Waals surface area contributed by atoms with Gasteiger partial charge in [0, 0.05) is 6.04 Å². The molecular formula is C23H26N6. The lowest BCUT2D eigenvalue weighted by Gasteiger charge is -2.19. The van der Waals surface area contributed by atoms with Gasteiger partial charge < -0.3 is 16.4 Å². The molecule has 6 heteroatoms. The third kappa shape index (κ3) is 4.48. The zero-order valence-corrected chi connectivity index (χ0v) is 16.4. The average Bonchev–Trinajstić information content (AvgIpc) is 3.39. The van der Waals surface area contributed by atoms with Gasteiger partial charge in [-0.1, -0.05) is 55.8 Å². The van der Waals surface area contributed by atoms with Crippen LogP contribution in [0.4, 0.5) is 11.5 Å². The van der Waals surface area contributed by atoms with Crippen LogP contribution in [-0.2, 0) is 0 Å². The topological polar surface area (TPSA) is 80.3 Å². The second-order valence-corrected chi connectivity index (χ2v) is 7.22. The number of nitrogens with zero attached hydrogens (tertiary/aromatic N) is 3. The predicted octanol–water partition coefficient (Wildman–Crippen LogP) is 4.32. The van der Waals surface area contributed by atoms with Crippen molar-refractivity contribution in [3.05, 3.63) is 84.8 Å². The number of aromatic nitrogens is 2. The van der Waals surface area contributed by atoms with E-state index in [1.807, 2.05) is 65.3 Å². The first-order valence-electron chi connectivity index (χ1n) is 9.96. The van der Waals surface area contributed by atoms with E-state index in [0.29, 0.717) is 11.9 Å². The van der Waals surface area contributed by atoms with E-state index in [1.54, 1.807) is 6.20 Å². The molecule has 1 saturated carbocycles. The lowest BCUT2D eigenvalue weighted by atomic mass is 10.2. The van der Waals surface area contributed by atoms with Gasteiger partial charge in [0.15, 0.2) is 0 Å². The quantitative estimate of drug-likeness (QED) is 0.417. The van der Waals surface area contributed by atoms with Crippen molar-refractivity contribution in [2.45, 2.75) is 31.7 Å². The zero-order valence-electron chi connectivity index (χ0n) is 16.4. The first-order chi connectivity index (χ1) is 14.2. The second-order valence-electron chi connectivity index (χ2n) is 7.22. The van der Waals surface area contributed by atoms with Gasteiger partial charge in [-0.05, 0) is 37.1 Å². The van der Waals surface area contributed by atoms with Crippen LogP contribution in [0, 0.1) is 0 Å². The Labute approximate surface area is 171 Å². The average molecular weight is 387 g/mol.